The van der Waals surface area contributed by atoms with Crippen LogP contribution in [0.4, 0.5) is 5.69 Å². The number of benzene rings is 2. The third-order valence-electron chi connectivity index (χ3n) is 2.84. The number of anilines is 1. The van der Waals surface area contributed by atoms with Crippen molar-refractivity contribution in [1.82, 2.24) is 9.97 Å². The fraction of sp³-hybridized carbons (Fsp3) is 0. The molecule has 0 radical (unpaired) electrons. The van der Waals surface area contributed by atoms with Crippen LogP contribution in [0.5, 0.6) is 11.6 Å². The third kappa shape index (κ3) is 3.46. The van der Waals surface area contributed by atoms with Crippen LogP contribution in [0, 0.1) is 0 Å². The van der Waals surface area contributed by atoms with E-state index in [1.165, 1.54) is 12.4 Å². The molecule has 5 heteroatoms. The molecular weight excluding hydrogens is 278 g/mol. The van der Waals surface area contributed by atoms with Gasteiger partial charge in [0.2, 0.25) is 5.88 Å². The monoisotopic (exact) mass is 291 g/mol. The zero-order valence-corrected chi connectivity index (χ0v) is 11.6. The maximum Gasteiger partial charge on any atom is 0.276 e. The van der Waals surface area contributed by atoms with Crippen molar-refractivity contribution < 1.29 is 9.53 Å². The molecule has 0 saturated heterocycles. The molecule has 2 aromatic carbocycles. The van der Waals surface area contributed by atoms with Gasteiger partial charge in [-0.1, -0.05) is 36.4 Å². The molecule has 0 bridgehead atoms. The van der Waals surface area contributed by atoms with Crippen molar-refractivity contribution in [2.45, 2.75) is 0 Å². The van der Waals surface area contributed by atoms with E-state index < -0.39 is 0 Å². The van der Waals surface area contributed by atoms with E-state index in [1.807, 2.05) is 36.4 Å². The van der Waals surface area contributed by atoms with Crippen molar-refractivity contribution >= 4 is 11.6 Å². The second-order valence-electron chi connectivity index (χ2n) is 4.48. The molecular formula is C17H13N3O2. The second kappa shape index (κ2) is 6.49. The van der Waals surface area contributed by atoms with E-state index in [2.05, 4.69) is 15.3 Å². The number of carbonyl (C=O) groups is 1. The quantitative estimate of drug-likeness (QED) is 0.798. The van der Waals surface area contributed by atoms with E-state index in [1.54, 1.807) is 24.3 Å². The first-order valence-corrected chi connectivity index (χ1v) is 6.72. The Morgan fingerprint density at radius 3 is 2.32 bits per heavy atom. The fourth-order valence-electron chi connectivity index (χ4n) is 1.83. The number of carbonyl (C=O) groups excluding carboxylic acids is 1. The van der Waals surface area contributed by atoms with Gasteiger partial charge in [-0.25, -0.2) is 4.98 Å². The van der Waals surface area contributed by atoms with E-state index in [-0.39, 0.29) is 17.5 Å². The third-order valence-corrected chi connectivity index (χ3v) is 2.84. The Balaban J connectivity index is 1.75. The average molecular weight is 291 g/mol. The molecule has 1 N–H and O–H groups in total. The highest BCUT2D eigenvalue weighted by Crippen LogP contribution is 2.18. The Hall–Kier alpha value is -3.21. The maximum atomic E-state index is 12.1. The summed E-state index contributed by atoms with van der Waals surface area (Å²) in [5.74, 6) is 0.571. The molecule has 3 rings (SSSR count). The predicted molar refractivity (Wildman–Crippen MR) is 82.9 cm³/mol. The largest absolute Gasteiger partial charge is 0.437 e. The number of hydrogen-bond acceptors (Lipinski definition) is 4. The number of ether oxygens (including phenoxy) is 1. The molecule has 22 heavy (non-hydrogen) atoms. The van der Waals surface area contributed by atoms with Crippen LogP contribution in [0.15, 0.2) is 73.1 Å². The van der Waals surface area contributed by atoms with Crippen molar-refractivity contribution in [3.05, 3.63) is 78.8 Å². The van der Waals surface area contributed by atoms with Crippen molar-refractivity contribution in [2.75, 3.05) is 5.32 Å². The summed E-state index contributed by atoms with van der Waals surface area (Å²) < 4.78 is 5.57. The highest BCUT2D eigenvalue weighted by molar-refractivity contribution is 6.02. The van der Waals surface area contributed by atoms with E-state index >= 15 is 0 Å². The molecule has 0 fully saturated rings. The van der Waals surface area contributed by atoms with Crippen LogP contribution >= 0.6 is 0 Å². The normalized spacial score (nSPS) is 10.0. The van der Waals surface area contributed by atoms with Crippen LogP contribution in [0.3, 0.4) is 0 Å². The molecule has 5 nitrogen and oxygen atoms in total. The van der Waals surface area contributed by atoms with E-state index in [0.717, 1.165) is 0 Å². The van der Waals surface area contributed by atoms with Gasteiger partial charge in [-0.05, 0) is 24.3 Å². The number of aromatic nitrogens is 2. The molecule has 1 amide bonds. The molecule has 0 atom stereocenters. The topological polar surface area (TPSA) is 64.1 Å². The summed E-state index contributed by atoms with van der Waals surface area (Å²) in [6.07, 6.45) is 2.86. The summed E-state index contributed by atoms with van der Waals surface area (Å²) in [4.78, 5) is 20.3. The Morgan fingerprint density at radius 2 is 1.59 bits per heavy atom. The number of hydrogen-bond donors (Lipinski definition) is 1. The van der Waals surface area contributed by atoms with Gasteiger partial charge in [0.1, 0.15) is 5.75 Å². The number of nitrogens with one attached hydrogen (secondary N) is 1. The van der Waals surface area contributed by atoms with Crippen molar-refractivity contribution in [3.63, 3.8) is 0 Å². The highest BCUT2D eigenvalue weighted by atomic mass is 16.5. The first-order valence-electron chi connectivity index (χ1n) is 6.72. The van der Waals surface area contributed by atoms with Gasteiger partial charge in [-0.3, -0.25) is 9.78 Å². The van der Waals surface area contributed by atoms with Crippen molar-refractivity contribution in [3.8, 4) is 11.6 Å². The van der Waals surface area contributed by atoms with Crippen LogP contribution in [-0.2, 0) is 0 Å². The first-order chi connectivity index (χ1) is 10.8. The lowest BCUT2D eigenvalue weighted by molar-refractivity contribution is 0.102. The average Bonchev–Trinajstić information content (AvgIpc) is 2.57. The Bertz CT molecular complexity index is 761. The van der Waals surface area contributed by atoms with Crippen LogP contribution in [0.1, 0.15) is 10.5 Å². The van der Waals surface area contributed by atoms with Gasteiger partial charge in [0.05, 0.1) is 12.4 Å². The standard InChI is InChI=1S/C17H13N3O2/c21-17(19-13-7-3-1-4-8-13)15-11-18-12-16(20-15)22-14-9-5-2-6-10-14/h1-12H,(H,19,21). The number of rotatable bonds is 4. The summed E-state index contributed by atoms with van der Waals surface area (Å²) in [6, 6.07) is 18.4. The lowest BCUT2D eigenvalue weighted by Gasteiger charge is -2.07. The minimum atomic E-state index is -0.336. The zero-order valence-electron chi connectivity index (χ0n) is 11.6. The molecule has 1 aromatic heterocycles. The molecule has 0 aliphatic heterocycles. The van der Waals surface area contributed by atoms with Gasteiger partial charge in [0.25, 0.3) is 5.91 Å². The molecule has 0 unspecified atom stereocenters. The van der Waals surface area contributed by atoms with E-state index in [0.29, 0.717) is 11.4 Å². The fourth-order valence-corrected chi connectivity index (χ4v) is 1.83. The summed E-state index contributed by atoms with van der Waals surface area (Å²) in [5.41, 5.74) is 0.890. The van der Waals surface area contributed by atoms with Crippen molar-refractivity contribution in [2.24, 2.45) is 0 Å². The molecule has 0 saturated carbocycles. The first kappa shape index (κ1) is 13.8. The highest BCUT2D eigenvalue weighted by Gasteiger charge is 2.10. The van der Waals surface area contributed by atoms with Gasteiger partial charge >= 0.3 is 0 Å². The van der Waals surface area contributed by atoms with Crippen LogP contribution < -0.4 is 10.1 Å². The van der Waals surface area contributed by atoms with Crippen LogP contribution in [-0.4, -0.2) is 15.9 Å². The summed E-state index contributed by atoms with van der Waals surface area (Å²) in [5, 5.41) is 2.75. The number of para-hydroxylation sites is 2. The predicted octanol–water partition coefficient (Wildman–Crippen LogP) is 3.52. The summed E-state index contributed by atoms with van der Waals surface area (Å²) in [6.45, 7) is 0. The van der Waals surface area contributed by atoms with Gasteiger partial charge in [0, 0.05) is 5.69 Å². The molecule has 0 aliphatic rings. The number of amides is 1. The van der Waals surface area contributed by atoms with Gasteiger partial charge in [-0.15, -0.1) is 0 Å². The molecule has 3 aromatic rings. The van der Waals surface area contributed by atoms with E-state index in [4.69, 9.17) is 4.74 Å². The van der Waals surface area contributed by atoms with Gasteiger partial charge in [0.15, 0.2) is 5.69 Å². The lowest BCUT2D eigenvalue weighted by Crippen LogP contribution is -2.14. The van der Waals surface area contributed by atoms with Gasteiger partial charge < -0.3 is 10.1 Å². The Labute approximate surface area is 127 Å². The van der Waals surface area contributed by atoms with E-state index in [9.17, 15) is 4.79 Å². The molecule has 108 valence electrons. The SMILES string of the molecule is O=C(Nc1ccccc1)c1cncc(Oc2ccccc2)n1. The molecule has 0 spiro atoms. The second-order valence-corrected chi connectivity index (χ2v) is 4.48. The van der Waals surface area contributed by atoms with Gasteiger partial charge in [-0.2, -0.15) is 0 Å². The summed E-state index contributed by atoms with van der Waals surface area (Å²) >= 11 is 0. The number of nitrogens with zero attached hydrogens (tertiary/aromatic N) is 2. The molecule has 0 aliphatic carbocycles. The smallest absolute Gasteiger partial charge is 0.276 e. The minimum absolute atomic E-state index is 0.192. The summed E-state index contributed by atoms with van der Waals surface area (Å²) in [7, 11) is 0. The van der Waals surface area contributed by atoms with Crippen LogP contribution in [0.2, 0.25) is 0 Å². The Kier molecular flexibility index (Phi) is 4.06. The minimum Gasteiger partial charge on any atom is -0.437 e. The van der Waals surface area contributed by atoms with Crippen LogP contribution in [0.25, 0.3) is 0 Å². The maximum absolute atomic E-state index is 12.1. The Morgan fingerprint density at radius 1 is 0.909 bits per heavy atom. The van der Waals surface area contributed by atoms with Crippen molar-refractivity contribution in [1.29, 1.82) is 0 Å². The lowest BCUT2D eigenvalue weighted by atomic mass is 10.3. The zero-order chi connectivity index (χ0) is 15.2. The molecule has 1 heterocycles.